The van der Waals surface area contributed by atoms with Crippen molar-refractivity contribution >= 4 is 28.3 Å². The van der Waals surface area contributed by atoms with Crippen molar-refractivity contribution in [2.24, 2.45) is 17.0 Å². The van der Waals surface area contributed by atoms with E-state index < -0.39 is 16.6 Å². The summed E-state index contributed by atoms with van der Waals surface area (Å²) in [5.74, 6) is 0.647. The van der Waals surface area contributed by atoms with Crippen LogP contribution in [0.1, 0.15) is 90.9 Å². The van der Waals surface area contributed by atoms with Crippen LogP contribution < -0.4 is 0 Å². The highest BCUT2D eigenvalue weighted by Crippen LogP contribution is 2.31. The quantitative estimate of drug-likeness (QED) is 0.0655. The number of hydrogen-bond donors (Lipinski definition) is 0. The van der Waals surface area contributed by atoms with Crippen molar-refractivity contribution in [1.29, 1.82) is 0 Å². The van der Waals surface area contributed by atoms with Gasteiger partial charge in [0.25, 0.3) is 5.97 Å². The molecule has 0 aromatic heterocycles. The molecule has 214 valence electrons. The minimum absolute atomic E-state index is 0.0305. The average molecular weight is 552 g/mol. The number of allylic oxidation sites excluding steroid dienone is 3. The van der Waals surface area contributed by atoms with Crippen molar-refractivity contribution in [2.45, 2.75) is 136 Å². The normalized spacial score (nSPS) is 20.2. The van der Waals surface area contributed by atoms with Crippen LogP contribution in [0.4, 0.5) is 0 Å². The minimum atomic E-state index is -1.78. The lowest BCUT2D eigenvalue weighted by Crippen LogP contribution is -2.31. The summed E-state index contributed by atoms with van der Waals surface area (Å²) in [6.07, 6.45) is 22.1. The molecule has 0 bridgehead atoms. The molecule has 0 radical (unpaired) electrons. The molecule has 0 heterocycles. The third-order valence-electron chi connectivity index (χ3n) is 6.30. The Bertz CT molecular complexity index is 722. The van der Waals surface area contributed by atoms with E-state index in [1.54, 1.807) is 0 Å². The number of rotatable bonds is 20. The number of nitrogens with zero attached hydrogens (tertiary/aromatic N) is 1. The van der Waals surface area contributed by atoms with E-state index in [9.17, 15) is 4.79 Å². The van der Waals surface area contributed by atoms with Crippen LogP contribution >= 0.6 is 0 Å². The fraction of sp³-hybridized carbons (Fsp3) is 0.800. The van der Waals surface area contributed by atoms with Gasteiger partial charge in [-0.3, -0.25) is 4.79 Å². The summed E-state index contributed by atoms with van der Waals surface area (Å²) in [5.41, 5.74) is 1.07. The molecular formula is C30H57NO4Si2. The van der Waals surface area contributed by atoms with E-state index in [0.29, 0.717) is 24.9 Å². The average Bonchev–Trinajstić information content (AvgIpc) is 3.16. The van der Waals surface area contributed by atoms with Gasteiger partial charge in [0.05, 0.1) is 11.8 Å². The number of carbonyl (C=O) groups excluding carboxylic acids is 1. The molecule has 0 aromatic carbocycles. The second kappa shape index (κ2) is 18.2. The summed E-state index contributed by atoms with van der Waals surface area (Å²) in [6, 6.07) is 0. The highest BCUT2D eigenvalue weighted by Gasteiger charge is 2.28. The highest BCUT2D eigenvalue weighted by molar-refractivity contribution is 6.71. The van der Waals surface area contributed by atoms with Crippen LogP contribution in [0.5, 0.6) is 0 Å². The zero-order chi connectivity index (χ0) is 27.7. The van der Waals surface area contributed by atoms with Gasteiger partial charge in [-0.15, -0.1) is 0 Å². The summed E-state index contributed by atoms with van der Waals surface area (Å²) < 4.78 is 12.1. The third kappa shape index (κ3) is 17.1. The van der Waals surface area contributed by atoms with Crippen molar-refractivity contribution in [2.75, 3.05) is 6.61 Å². The molecule has 7 heteroatoms. The molecule has 0 aliphatic heterocycles. The predicted molar refractivity (Wildman–Crippen MR) is 163 cm³/mol. The molecule has 1 aliphatic carbocycles. The fourth-order valence-corrected chi connectivity index (χ4v) is 6.40. The summed E-state index contributed by atoms with van der Waals surface area (Å²) in [5, 5.41) is 4.53. The van der Waals surface area contributed by atoms with E-state index in [4.69, 9.17) is 13.7 Å². The monoisotopic (exact) mass is 551 g/mol. The van der Waals surface area contributed by atoms with Gasteiger partial charge in [0.2, 0.25) is 8.32 Å². The molecule has 0 aromatic rings. The summed E-state index contributed by atoms with van der Waals surface area (Å²) in [4.78, 5) is 17.6. The van der Waals surface area contributed by atoms with Crippen LogP contribution in [-0.2, 0) is 18.5 Å². The van der Waals surface area contributed by atoms with Gasteiger partial charge in [-0.2, -0.15) is 0 Å². The first-order valence-electron chi connectivity index (χ1n) is 14.9. The summed E-state index contributed by atoms with van der Waals surface area (Å²) in [7, 11) is -3.39. The number of unbranched alkanes of at least 4 members (excludes halogenated alkanes) is 6. The standard InChI is InChI=1S/C30H57NO4Si2/c1-9-11-15-18-27(34-36(3,4)5)23-21-26-22-24-29(31-33-25-12-10-2)28(26)19-16-13-14-17-20-30(32)35-37(6,7)8/h21-24,26-28H,9-20,25H2,1-8H3/b23-21+,31-29+/t26-,27-,28+/m0/s1. The van der Waals surface area contributed by atoms with Crippen LogP contribution in [0.3, 0.4) is 0 Å². The molecule has 0 unspecified atom stereocenters. The molecule has 3 atom stereocenters. The van der Waals surface area contributed by atoms with Crippen molar-refractivity contribution in [1.82, 2.24) is 0 Å². The van der Waals surface area contributed by atoms with E-state index in [1.807, 2.05) is 0 Å². The van der Waals surface area contributed by atoms with Gasteiger partial charge in [-0.05, 0) is 71.0 Å². The second-order valence-corrected chi connectivity index (χ2v) is 21.3. The van der Waals surface area contributed by atoms with Gasteiger partial charge in [-0.25, -0.2) is 0 Å². The summed E-state index contributed by atoms with van der Waals surface area (Å²) >= 11 is 0. The zero-order valence-corrected chi connectivity index (χ0v) is 27.3. The van der Waals surface area contributed by atoms with E-state index in [-0.39, 0.29) is 12.1 Å². The van der Waals surface area contributed by atoms with Crippen LogP contribution in [0.15, 0.2) is 29.5 Å². The van der Waals surface area contributed by atoms with Gasteiger partial charge in [0.15, 0.2) is 8.32 Å². The van der Waals surface area contributed by atoms with Gasteiger partial charge < -0.3 is 13.7 Å². The predicted octanol–water partition coefficient (Wildman–Crippen LogP) is 9.04. The smallest absolute Gasteiger partial charge is 0.292 e. The SMILES string of the molecule is CCCCC[C@@H](/C=C/[C@H]1C=C/C(=N\OCCCC)[C@@H]1CCCCCCC(=O)O[Si](C)(C)C)O[Si](C)(C)C. The van der Waals surface area contributed by atoms with E-state index in [2.05, 4.69) is 82.6 Å². The van der Waals surface area contributed by atoms with Crippen molar-refractivity contribution < 1.29 is 18.5 Å². The van der Waals surface area contributed by atoms with Gasteiger partial charge in [0.1, 0.15) is 6.61 Å². The lowest BCUT2D eigenvalue weighted by molar-refractivity contribution is -0.135. The van der Waals surface area contributed by atoms with E-state index in [0.717, 1.165) is 57.1 Å². The molecule has 0 saturated carbocycles. The number of hydrogen-bond acceptors (Lipinski definition) is 5. The Morgan fingerprint density at radius 1 is 0.946 bits per heavy atom. The zero-order valence-electron chi connectivity index (χ0n) is 25.3. The maximum Gasteiger partial charge on any atom is 0.292 e. The van der Waals surface area contributed by atoms with Crippen LogP contribution in [0.2, 0.25) is 39.3 Å². The van der Waals surface area contributed by atoms with E-state index in [1.165, 1.54) is 19.3 Å². The largest absolute Gasteiger partial charge is 0.520 e. The first-order valence-corrected chi connectivity index (χ1v) is 21.7. The molecule has 1 aliphatic rings. The first-order chi connectivity index (χ1) is 17.4. The second-order valence-electron chi connectivity index (χ2n) is 12.4. The Kier molecular flexibility index (Phi) is 16.6. The molecule has 0 N–H and O–H groups in total. The molecule has 37 heavy (non-hydrogen) atoms. The molecule has 0 spiro atoms. The highest BCUT2D eigenvalue weighted by atomic mass is 28.4. The topological polar surface area (TPSA) is 57.1 Å². The van der Waals surface area contributed by atoms with Crippen molar-refractivity contribution in [3.63, 3.8) is 0 Å². The molecule has 0 amide bonds. The maximum atomic E-state index is 12.0. The van der Waals surface area contributed by atoms with Crippen LogP contribution in [-0.4, -0.2) is 41.0 Å². The van der Waals surface area contributed by atoms with Gasteiger partial charge >= 0.3 is 0 Å². The molecule has 5 nitrogen and oxygen atoms in total. The molecule has 0 fully saturated rings. The Morgan fingerprint density at radius 2 is 1.65 bits per heavy atom. The van der Waals surface area contributed by atoms with Gasteiger partial charge in [-0.1, -0.05) is 82.2 Å². The van der Waals surface area contributed by atoms with Crippen molar-refractivity contribution in [3.05, 3.63) is 24.3 Å². The third-order valence-corrected chi connectivity index (χ3v) is 8.15. The fourth-order valence-electron chi connectivity index (χ4n) is 4.51. The van der Waals surface area contributed by atoms with Crippen LogP contribution in [0, 0.1) is 11.8 Å². The maximum absolute atomic E-state index is 12.0. The minimum Gasteiger partial charge on any atom is -0.520 e. The summed E-state index contributed by atoms with van der Waals surface area (Å²) in [6.45, 7) is 18.1. The Labute approximate surface area is 230 Å². The molecular weight excluding hydrogens is 495 g/mol. The number of oxime groups is 1. The lowest BCUT2D eigenvalue weighted by Gasteiger charge is -2.25. The lowest BCUT2D eigenvalue weighted by atomic mass is 9.88. The Morgan fingerprint density at radius 3 is 2.30 bits per heavy atom. The molecule has 1 rings (SSSR count). The van der Waals surface area contributed by atoms with Crippen LogP contribution in [0.25, 0.3) is 0 Å². The Balaban J connectivity index is 2.71. The van der Waals surface area contributed by atoms with E-state index >= 15 is 0 Å². The molecule has 0 saturated heterocycles. The van der Waals surface area contributed by atoms with Crippen molar-refractivity contribution in [3.8, 4) is 0 Å². The Hall–Kier alpha value is -1.19. The van der Waals surface area contributed by atoms with Gasteiger partial charge in [0, 0.05) is 18.3 Å². The number of carbonyl (C=O) groups is 1. The first kappa shape index (κ1) is 33.8.